The summed E-state index contributed by atoms with van der Waals surface area (Å²) in [6.45, 7) is 1.80. The second-order valence-electron chi connectivity index (χ2n) is 5.22. The molecular weight excluding hydrogens is 250 g/mol. The van der Waals surface area contributed by atoms with Crippen molar-refractivity contribution < 1.29 is 19.5 Å². The summed E-state index contributed by atoms with van der Waals surface area (Å²) in [5.74, 6) is -1.75. The van der Waals surface area contributed by atoms with Gasteiger partial charge in [0.2, 0.25) is 5.91 Å². The Kier molecular flexibility index (Phi) is 3.92. The van der Waals surface area contributed by atoms with Crippen molar-refractivity contribution in [2.45, 2.75) is 19.3 Å². The molecule has 2 saturated heterocycles. The van der Waals surface area contributed by atoms with E-state index in [-0.39, 0.29) is 24.4 Å². The molecule has 1 atom stereocenters. The molecule has 1 unspecified atom stereocenters. The van der Waals surface area contributed by atoms with Gasteiger partial charge in [0.1, 0.15) is 0 Å². The van der Waals surface area contributed by atoms with Crippen LogP contribution in [0.3, 0.4) is 0 Å². The zero-order chi connectivity index (χ0) is 14.0. The lowest BCUT2D eigenvalue weighted by atomic mass is 9.96. The Morgan fingerprint density at radius 2 is 1.47 bits per heavy atom. The monoisotopic (exact) mass is 269 g/mol. The predicted molar refractivity (Wildman–Crippen MR) is 66.2 cm³/mol. The minimum absolute atomic E-state index is 0.119. The van der Waals surface area contributed by atoms with E-state index in [0.29, 0.717) is 38.9 Å². The van der Waals surface area contributed by atoms with Gasteiger partial charge < -0.3 is 20.6 Å². The molecule has 7 nitrogen and oxygen atoms in total. The van der Waals surface area contributed by atoms with Crippen LogP contribution in [0.4, 0.5) is 4.79 Å². The van der Waals surface area contributed by atoms with Gasteiger partial charge in [0.05, 0.1) is 5.92 Å². The van der Waals surface area contributed by atoms with Gasteiger partial charge in [0.15, 0.2) is 0 Å². The average molecular weight is 269 g/mol. The fourth-order valence-corrected chi connectivity index (χ4v) is 2.69. The Hall–Kier alpha value is -1.79. The van der Waals surface area contributed by atoms with Crippen molar-refractivity contribution in [3.05, 3.63) is 0 Å². The first-order valence-corrected chi connectivity index (χ1v) is 6.55. The Bertz CT molecular complexity index is 390. The maximum atomic E-state index is 12.2. The van der Waals surface area contributed by atoms with Crippen molar-refractivity contribution >= 4 is 17.9 Å². The molecule has 2 aliphatic rings. The van der Waals surface area contributed by atoms with E-state index in [9.17, 15) is 14.4 Å². The molecule has 19 heavy (non-hydrogen) atoms. The first-order valence-electron chi connectivity index (χ1n) is 6.55. The number of nitrogens with two attached hydrogens (primary N) is 1. The van der Waals surface area contributed by atoms with Crippen LogP contribution in [0.15, 0.2) is 0 Å². The van der Waals surface area contributed by atoms with Gasteiger partial charge in [-0.05, 0) is 19.3 Å². The summed E-state index contributed by atoms with van der Waals surface area (Å²) >= 11 is 0. The molecular formula is C12H19N3O4. The number of piperidine rings is 1. The van der Waals surface area contributed by atoms with Crippen molar-refractivity contribution in [3.63, 3.8) is 0 Å². The molecule has 3 amide bonds. The van der Waals surface area contributed by atoms with Crippen LogP contribution in [0.1, 0.15) is 19.3 Å². The fraction of sp³-hybridized carbons (Fsp3) is 0.750. The van der Waals surface area contributed by atoms with E-state index >= 15 is 0 Å². The van der Waals surface area contributed by atoms with Crippen LogP contribution in [0.25, 0.3) is 0 Å². The molecule has 2 rings (SSSR count). The summed E-state index contributed by atoms with van der Waals surface area (Å²) in [5.41, 5.74) is 5.24. The van der Waals surface area contributed by atoms with E-state index in [1.807, 2.05) is 0 Å². The van der Waals surface area contributed by atoms with Gasteiger partial charge in [-0.25, -0.2) is 4.79 Å². The number of hydrogen-bond acceptors (Lipinski definition) is 3. The van der Waals surface area contributed by atoms with Crippen molar-refractivity contribution in [1.29, 1.82) is 0 Å². The van der Waals surface area contributed by atoms with Crippen LogP contribution in [0, 0.1) is 11.8 Å². The van der Waals surface area contributed by atoms with E-state index in [4.69, 9.17) is 10.8 Å². The lowest BCUT2D eigenvalue weighted by Crippen LogP contribution is -2.47. The van der Waals surface area contributed by atoms with E-state index in [2.05, 4.69) is 0 Å². The van der Waals surface area contributed by atoms with E-state index in [1.165, 1.54) is 0 Å². The molecule has 106 valence electrons. The quantitative estimate of drug-likeness (QED) is 0.718. The number of carboxylic acids is 1. The van der Waals surface area contributed by atoms with Gasteiger partial charge in [-0.3, -0.25) is 9.59 Å². The second kappa shape index (κ2) is 5.46. The van der Waals surface area contributed by atoms with Crippen molar-refractivity contribution in [2.75, 3.05) is 26.2 Å². The number of urea groups is 1. The first kappa shape index (κ1) is 13.6. The molecule has 0 aromatic carbocycles. The zero-order valence-corrected chi connectivity index (χ0v) is 10.7. The molecule has 0 aromatic rings. The summed E-state index contributed by atoms with van der Waals surface area (Å²) in [7, 11) is 0. The molecule has 3 N–H and O–H groups in total. The standard InChI is InChI=1S/C12H19N3O4/c13-10(16)8-1-4-14(5-2-8)12(19)15-6-3-9(7-15)11(17)18/h8-9H,1-7H2,(H2,13,16)(H,17,18). The van der Waals surface area contributed by atoms with Gasteiger partial charge in [-0.1, -0.05) is 0 Å². The summed E-state index contributed by atoms with van der Waals surface area (Å²) in [6.07, 6.45) is 1.70. The summed E-state index contributed by atoms with van der Waals surface area (Å²) in [4.78, 5) is 37.4. The molecule has 2 fully saturated rings. The van der Waals surface area contributed by atoms with Gasteiger partial charge in [-0.15, -0.1) is 0 Å². The fourth-order valence-electron chi connectivity index (χ4n) is 2.69. The number of nitrogens with zero attached hydrogens (tertiary/aromatic N) is 2. The Balaban J connectivity index is 1.85. The molecule has 2 aliphatic heterocycles. The highest BCUT2D eigenvalue weighted by Crippen LogP contribution is 2.21. The van der Waals surface area contributed by atoms with Crippen LogP contribution in [0.5, 0.6) is 0 Å². The Morgan fingerprint density at radius 3 is 1.95 bits per heavy atom. The summed E-state index contributed by atoms with van der Waals surface area (Å²) in [6, 6.07) is -0.119. The average Bonchev–Trinajstić information content (AvgIpc) is 2.87. The van der Waals surface area contributed by atoms with Gasteiger partial charge in [-0.2, -0.15) is 0 Å². The lowest BCUT2D eigenvalue weighted by molar-refractivity contribution is -0.141. The molecule has 0 aromatic heterocycles. The number of likely N-dealkylation sites (tertiary alicyclic amines) is 2. The number of primary amides is 1. The van der Waals surface area contributed by atoms with E-state index in [1.54, 1.807) is 9.80 Å². The number of amides is 3. The molecule has 7 heteroatoms. The third kappa shape index (κ3) is 2.97. The van der Waals surface area contributed by atoms with Crippen molar-refractivity contribution in [3.8, 4) is 0 Å². The third-order valence-electron chi connectivity index (χ3n) is 3.98. The van der Waals surface area contributed by atoms with Crippen LogP contribution >= 0.6 is 0 Å². The van der Waals surface area contributed by atoms with Gasteiger partial charge >= 0.3 is 12.0 Å². The van der Waals surface area contributed by atoms with Crippen LogP contribution < -0.4 is 5.73 Å². The van der Waals surface area contributed by atoms with Gasteiger partial charge in [0, 0.05) is 32.1 Å². The highest BCUT2D eigenvalue weighted by atomic mass is 16.4. The second-order valence-corrected chi connectivity index (χ2v) is 5.22. The topological polar surface area (TPSA) is 104 Å². The number of carbonyl (C=O) groups is 3. The highest BCUT2D eigenvalue weighted by Gasteiger charge is 2.34. The van der Waals surface area contributed by atoms with Crippen molar-refractivity contribution in [2.24, 2.45) is 17.6 Å². The molecule has 0 saturated carbocycles. The first-order chi connectivity index (χ1) is 8.99. The largest absolute Gasteiger partial charge is 0.481 e. The van der Waals surface area contributed by atoms with Crippen molar-refractivity contribution in [1.82, 2.24) is 9.80 Å². The molecule has 0 radical (unpaired) electrons. The number of carboxylic acid groups (broad SMARTS) is 1. The maximum Gasteiger partial charge on any atom is 0.320 e. The minimum atomic E-state index is -0.845. The Labute approximate surface area is 111 Å². The SMILES string of the molecule is NC(=O)C1CCN(C(=O)N2CCC(C(=O)O)C2)CC1. The molecule has 0 bridgehead atoms. The minimum Gasteiger partial charge on any atom is -0.481 e. The molecule has 2 heterocycles. The van der Waals surface area contributed by atoms with Crippen LogP contribution in [0.2, 0.25) is 0 Å². The third-order valence-corrected chi connectivity index (χ3v) is 3.98. The smallest absolute Gasteiger partial charge is 0.320 e. The highest BCUT2D eigenvalue weighted by molar-refractivity contribution is 5.79. The predicted octanol–water partition coefficient (Wildman–Crippen LogP) is -0.290. The van der Waals surface area contributed by atoms with Crippen LogP contribution in [-0.2, 0) is 9.59 Å². The zero-order valence-electron chi connectivity index (χ0n) is 10.7. The number of hydrogen-bond donors (Lipinski definition) is 2. The normalized spacial score (nSPS) is 24.5. The molecule has 0 aliphatic carbocycles. The Morgan fingerprint density at radius 1 is 0.947 bits per heavy atom. The van der Waals surface area contributed by atoms with Gasteiger partial charge in [0.25, 0.3) is 0 Å². The van der Waals surface area contributed by atoms with Crippen LogP contribution in [-0.4, -0.2) is 59.0 Å². The summed E-state index contributed by atoms with van der Waals surface area (Å²) < 4.78 is 0. The summed E-state index contributed by atoms with van der Waals surface area (Å²) in [5, 5.41) is 8.92. The molecule has 0 spiro atoms. The number of aliphatic carboxylic acids is 1. The number of rotatable bonds is 2. The van der Waals surface area contributed by atoms with E-state index in [0.717, 1.165) is 0 Å². The van der Waals surface area contributed by atoms with E-state index < -0.39 is 11.9 Å². The maximum absolute atomic E-state index is 12.2. The number of carbonyl (C=O) groups excluding carboxylic acids is 2. The lowest BCUT2D eigenvalue weighted by Gasteiger charge is -2.33.